The molecule has 1 fully saturated rings. The predicted molar refractivity (Wildman–Crippen MR) is 56.0 cm³/mol. The van der Waals surface area contributed by atoms with Crippen molar-refractivity contribution in [3.8, 4) is 0 Å². The van der Waals surface area contributed by atoms with E-state index in [1.165, 1.54) is 0 Å². The highest BCUT2D eigenvalue weighted by Gasteiger charge is 2.71. The van der Waals surface area contributed by atoms with Crippen molar-refractivity contribution in [3.63, 3.8) is 0 Å². The van der Waals surface area contributed by atoms with E-state index in [0.29, 0.717) is 0 Å². The van der Waals surface area contributed by atoms with Crippen LogP contribution in [0, 0.1) is 16.7 Å². The Hall–Kier alpha value is -0.420. The summed E-state index contributed by atoms with van der Waals surface area (Å²) in [6, 6.07) is 0. The van der Waals surface area contributed by atoms with Crippen LogP contribution < -0.4 is 0 Å². The second-order valence-corrected chi connectivity index (χ2v) is 5.89. The van der Waals surface area contributed by atoms with Crippen LogP contribution in [0.5, 0.6) is 0 Å². The molecule has 1 rings (SSSR count). The fraction of sp³-hybridized carbons (Fsp3) is 1.00. The average Bonchev–Trinajstić information content (AvgIpc) is 2.14. The van der Waals surface area contributed by atoms with Gasteiger partial charge in [0.05, 0.1) is 0 Å². The van der Waals surface area contributed by atoms with Crippen molar-refractivity contribution in [3.05, 3.63) is 0 Å². The van der Waals surface area contributed by atoms with Crippen molar-refractivity contribution in [2.75, 3.05) is 0 Å². The monoisotopic (exact) mass is 276 g/mol. The van der Waals surface area contributed by atoms with E-state index in [0.717, 1.165) is 0 Å². The Labute approximate surface area is 103 Å². The summed E-state index contributed by atoms with van der Waals surface area (Å²) < 4.78 is 77.0. The molecule has 0 heterocycles. The van der Waals surface area contributed by atoms with Crippen molar-refractivity contribution in [2.45, 2.75) is 58.8 Å². The van der Waals surface area contributed by atoms with Gasteiger partial charge < -0.3 is 0 Å². The van der Waals surface area contributed by atoms with Gasteiger partial charge >= 0.3 is 12.4 Å². The fourth-order valence-corrected chi connectivity index (χ4v) is 2.55. The highest BCUT2D eigenvalue weighted by atomic mass is 19.4. The van der Waals surface area contributed by atoms with Crippen LogP contribution in [0.25, 0.3) is 0 Å². The molecule has 1 aliphatic carbocycles. The number of hydrogen-bond acceptors (Lipinski definition) is 0. The van der Waals surface area contributed by atoms with Gasteiger partial charge in [0.2, 0.25) is 0 Å². The fourth-order valence-electron chi connectivity index (χ4n) is 2.55. The van der Waals surface area contributed by atoms with Crippen LogP contribution in [0.4, 0.5) is 26.3 Å². The predicted octanol–water partition coefficient (Wildman–Crippen LogP) is 5.33. The quantitative estimate of drug-likeness (QED) is 0.567. The number of alkyl halides is 6. The molecule has 0 N–H and O–H groups in total. The van der Waals surface area contributed by atoms with E-state index in [1.54, 1.807) is 6.92 Å². The second kappa shape index (κ2) is 4.30. The Morgan fingerprint density at radius 1 is 0.778 bits per heavy atom. The van der Waals surface area contributed by atoms with Gasteiger partial charge in [-0.25, -0.2) is 0 Å². The molecule has 18 heavy (non-hydrogen) atoms. The topological polar surface area (TPSA) is 0 Å². The van der Waals surface area contributed by atoms with Crippen molar-refractivity contribution in [1.29, 1.82) is 0 Å². The molecule has 0 spiro atoms. The molecule has 0 aromatic heterocycles. The maximum Gasteiger partial charge on any atom is 0.403 e. The standard InChI is InChI=1S/C12H18F6/c1-8(2)9(3)4-6-10(7-5-9,11(13,14)15)12(16,17)18/h8H,4-7H2,1-3H3. The minimum absolute atomic E-state index is 0.0380. The summed E-state index contributed by atoms with van der Waals surface area (Å²) in [5, 5.41) is 0. The minimum Gasteiger partial charge on any atom is -0.170 e. The zero-order valence-electron chi connectivity index (χ0n) is 10.7. The van der Waals surface area contributed by atoms with E-state index in [2.05, 4.69) is 0 Å². The van der Waals surface area contributed by atoms with Crippen molar-refractivity contribution in [1.82, 2.24) is 0 Å². The molecule has 1 saturated carbocycles. The van der Waals surface area contributed by atoms with E-state index < -0.39 is 36.0 Å². The molecule has 6 heteroatoms. The number of rotatable bonds is 1. The van der Waals surface area contributed by atoms with Crippen LogP contribution in [0.3, 0.4) is 0 Å². The van der Waals surface area contributed by atoms with Gasteiger partial charge in [0.15, 0.2) is 5.41 Å². The molecular weight excluding hydrogens is 258 g/mol. The van der Waals surface area contributed by atoms with Gasteiger partial charge in [-0.1, -0.05) is 20.8 Å². The summed E-state index contributed by atoms with van der Waals surface area (Å²) in [6.07, 6.45) is -12.2. The first-order chi connectivity index (χ1) is 7.86. The maximum atomic E-state index is 12.8. The lowest BCUT2D eigenvalue weighted by Crippen LogP contribution is -2.53. The second-order valence-electron chi connectivity index (χ2n) is 5.89. The van der Waals surface area contributed by atoms with Gasteiger partial charge in [-0.3, -0.25) is 0 Å². The summed E-state index contributed by atoms with van der Waals surface area (Å²) in [5.41, 5.74) is -3.94. The molecule has 0 bridgehead atoms. The first-order valence-corrected chi connectivity index (χ1v) is 5.99. The third kappa shape index (κ3) is 2.35. The third-order valence-electron chi connectivity index (χ3n) is 4.72. The lowest BCUT2D eigenvalue weighted by Gasteiger charge is -2.47. The van der Waals surface area contributed by atoms with Crippen LogP contribution >= 0.6 is 0 Å². The van der Waals surface area contributed by atoms with Gasteiger partial charge in [0.1, 0.15) is 0 Å². The van der Waals surface area contributed by atoms with Crippen molar-refractivity contribution < 1.29 is 26.3 Å². The lowest BCUT2D eigenvalue weighted by molar-refractivity contribution is -0.354. The SMILES string of the molecule is CC(C)C1(C)CCC(C(F)(F)F)(C(F)(F)F)CC1. The Bertz CT molecular complexity index is 275. The first kappa shape index (κ1) is 15.6. The van der Waals surface area contributed by atoms with Crippen molar-refractivity contribution >= 4 is 0 Å². The normalized spacial score (nSPS) is 24.3. The number of halogens is 6. The zero-order chi connectivity index (χ0) is 14.4. The molecule has 0 atom stereocenters. The molecule has 108 valence electrons. The molecule has 0 saturated heterocycles. The summed E-state index contributed by atoms with van der Waals surface area (Å²) in [5.74, 6) is 0.0805. The van der Waals surface area contributed by atoms with Crippen LogP contribution in [-0.2, 0) is 0 Å². The van der Waals surface area contributed by atoms with Crippen LogP contribution in [0.2, 0.25) is 0 Å². The Kier molecular flexibility index (Phi) is 3.74. The van der Waals surface area contributed by atoms with Gasteiger partial charge in [-0.05, 0) is 37.0 Å². The van der Waals surface area contributed by atoms with Crippen molar-refractivity contribution in [2.24, 2.45) is 16.7 Å². The van der Waals surface area contributed by atoms with Crippen LogP contribution in [-0.4, -0.2) is 12.4 Å². The summed E-state index contributed by atoms with van der Waals surface area (Å²) in [4.78, 5) is 0. The van der Waals surface area contributed by atoms with E-state index in [1.807, 2.05) is 13.8 Å². The molecule has 1 aliphatic rings. The number of hydrogen-bond donors (Lipinski definition) is 0. The van der Waals surface area contributed by atoms with Crippen LogP contribution in [0.15, 0.2) is 0 Å². The van der Waals surface area contributed by atoms with E-state index >= 15 is 0 Å². The summed E-state index contributed by atoms with van der Waals surface area (Å²) >= 11 is 0. The molecule has 0 nitrogen and oxygen atoms in total. The molecule has 0 radical (unpaired) electrons. The molecule has 0 aromatic carbocycles. The van der Waals surface area contributed by atoms with Crippen LogP contribution in [0.1, 0.15) is 46.5 Å². The van der Waals surface area contributed by atoms with Gasteiger partial charge in [-0.2, -0.15) is 26.3 Å². The Balaban J connectivity index is 3.02. The molecule has 0 amide bonds. The van der Waals surface area contributed by atoms with E-state index in [4.69, 9.17) is 0 Å². The molecule has 0 aliphatic heterocycles. The molecule has 0 unspecified atom stereocenters. The molecular formula is C12H18F6. The van der Waals surface area contributed by atoms with Gasteiger partial charge in [-0.15, -0.1) is 0 Å². The summed E-state index contributed by atoms with van der Waals surface area (Å²) in [7, 11) is 0. The Morgan fingerprint density at radius 2 is 1.11 bits per heavy atom. The van der Waals surface area contributed by atoms with Gasteiger partial charge in [0, 0.05) is 0 Å². The third-order valence-corrected chi connectivity index (χ3v) is 4.72. The summed E-state index contributed by atoms with van der Waals surface area (Å²) in [6.45, 7) is 5.46. The minimum atomic E-state index is -5.22. The molecule has 0 aromatic rings. The first-order valence-electron chi connectivity index (χ1n) is 5.99. The van der Waals surface area contributed by atoms with E-state index in [-0.39, 0.29) is 18.8 Å². The smallest absolute Gasteiger partial charge is 0.170 e. The Morgan fingerprint density at radius 3 is 1.33 bits per heavy atom. The highest BCUT2D eigenvalue weighted by molar-refractivity contribution is 5.00. The van der Waals surface area contributed by atoms with Gasteiger partial charge in [0.25, 0.3) is 0 Å². The largest absolute Gasteiger partial charge is 0.403 e. The lowest BCUT2D eigenvalue weighted by atomic mass is 9.60. The maximum absolute atomic E-state index is 12.8. The average molecular weight is 276 g/mol. The zero-order valence-corrected chi connectivity index (χ0v) is 10.7. The highest BCUT2D eigenvalue weighted by Crippen LogP contribution is 2.61. The van der Waals surface area contributed by atoms with E-state index in [9.17, 15) is 26.3 Å².